The van der Waals surface area contributed by atoms with Gasteiger partial charge in [-0.25, -0.2) is 0 Å². The van der Waals surface area contributed by atoms with Crippen molar-refractivity contribution in [2.75, 3.05) is 26.7 Å². The maximum atomic E-state index is 12.7. The number of nitrogens with zero attached hydrogens (tertiary/aromatic N) is 2. The first-order valence-corrected chi connectivity index (χ1v) is 8.31. The molecule has 0 unspecified atom stereocenters. The lowest BCUT2D eigenvalue weighted by Gasteiger charge is -2.36. The van der Waals surface area contributed by atoms with Gasteiger partial charge in [0.2, 0.25) is 5.91 Å². The van der Waals surface area contributed by atoms with Crippen LogP contribution in [0.4, 0.5) is 0 Å². The third-order valence-corrected chi connectivity index (χ3v) is 4.41. The fraction of sp³-hybridized carbons (Fsp3) is 0.368. The number of methoxy groups -OCH3 is 1. The van der Waals surface area contributed by atoms with Crippen LogP contribution in [0.25, 0.3) is 0 Å². The average Bonchev–Trinajstić information content (AvgIpc) is 2.67. The standard InChI is InChI=1S/C19H23N3O2/c1-24-17-7-5-16(6-8-17)18-14-21-11-12-22(18)19(23)9-4-15-3-2-10-20-13-15/h2-3,5-8,10,13,18,21H,4,9,11-12,14H2,1H3/t18-/m0/s1. The molecule has 126 valence electrons. The van der Waals surface area contributed by atoms with Crippen molar-refractivity contribution in [3.05, 3.63) is 59.9 Å². The van der Waals surface area contributed by atoms with Crippen LogP contribution >= 0.6 is 0 Å². The molecule has 1 aromatic heterocycles. The van der Waals surface area contributed by atoms with E-state index in [2.05, 4.69) is 10.3 Å². The number of pyridine rings is 1. The molecule has 0 bridgehead atoms. The maximum absolute atomic E-state index is 12.7. The van der Waals surface area contributed by atoms with E-state index >= 15 is 0 Å². The zero-order valence-corrected chi connectivity index (χ0v) is 13.9. The molecule has 1 amide bonds. The van der Waals surface area contributed by atoms with Crippen LogP contribution in [-0.4, -0.2) is 42.5 Å². The molecule has 24 heavy (non-hydrogen) atoms. The molecule has 3 rings (SSSR count). The third kappa shape index (κ3) is 3.92. The van der Waals surface area contributed by atoms with Gasteiger partial charge in [0.25, 0.3) is 0 Å². The molecule has 0 spiro atoms. The second kappa shape index (κ2) is 7.93. The van der Waals surface area contributed by atoms with Gasteiger partial charge in [-0.3, -0.25) is 9.78 Å². The summed E-state index contributed by atoms with van der Waals surface area (Å²) in [5, 5.41) is 3.39. The number of aromatic nitrogens is 1. The first-order chi connectivity index (χ1) is 11.8. The summed E-state index contributed by atoms with van der Waals surface area (Å²) in [6.07, 6.45) is 4.82. The van der Waals surface area contributed by atoms with E-state index in [-0.39, 0.29) is 11.9 Å². The number of ether oxygens (including phenoxy) is 1. The van der Waals surface area contributed by atoms with Crippen molar-refractivity contribution >= 4 is 5.91 Å². The van der Waals surface area contributed by atoms with Gasteiger partial charge in [0, 0.05) is 38.4 Å². The lowest BCUT2D eigenvalue weighted by atomic mass is 10.0. The number of carbonyl (C=O) groups excluding carboxylic acids is 1. The van der Waals surface area contributed by atoms with E-state index in [1.165, 1.54) is 0 Å². The van der Waals surface area contributed by atoms with Crippen molar-refractivity contribution in [2.45, 2.75) is 18.9 Å². The molecule has 2 aromatic rings. The molecule has 5 nitrogen and oxygen atoms in total. The van der Waals surface area contributed by atoms with Crippen molar-refractivity contribution < 1.29 is 9.53 Å². The van der Waals surface area contributed by atoms with Crippen molar-refractivity contribution in [2.24, 2.45) is 0 Å². The highest BCUT2D eigenvalue weighted by Crippen LogP contribution is 2.25. The SMILES string of the molecule is COc1ccc([C@@H]2CNCCN2C(=O)CCc2cccnc2)cc1. The predicted molar refractivity (Wildman–Crippen MR) is 92.9 cm³/mol. The Hall–Kier alpha value is -2.40. The summed E-state index contributed by atoms with van der Waals surface area (Å²) >= 11 is 0. The van der Waals surface area contributed by atoms with Crippen molar-refractivity contribution in [3.8, 4) is 5.75 Å². The molecule has 0 saturated carbocycles. The molecular formula is C19H23N3O2. The molecule has 1 aliphatic heterocycles. The van der Waals surface area contributed by atoms with E-state index in [0.29, 0.717) is 6.42 Å². The third-order valence-electron chi connectivity index (χ3n) is 4.41. The molecule has 1 saturated heterocycles. The van der Waals surface area contributed by atoms with Gasteiger partial charge >= 0.3 is 0 Å². The van der Waals surface area contributed by atoms with Gasteiger partial charge in [-0.1, -0.05) is 18.2 Å². The lowest BCUT2D eigenvalue weighted by molar-refractivity contribution is -0.134. The van der Waals surface area contributed by atoms with Crippen molar-refractivity contribution in [1.29, 1.82) is 0 Å². The zero-order chi connectivity index (χ0) is 16.8. The smallest absolute Gasteiger partial charge is 0.223 e. The second-order valence-electron chi connectivity index (χ2n) is 5.94. The molecule has 2 heterocycles. The van der Waals surface area contributed by atoms with E-state index in [0.717, 1.165) is 42.9 Å². The largest absolute Gasteiger partial charge is 0.497 e. The molecule has 1 aromatic carbocycles. The Bertz CT molecular complexity index is 658. The van der Waals surface area contributed by atoms with Crippen LogP contribution in [0.3, 0.4) is 0 Å². The number of hydrogen-bond donors (Lipinski definition) is 1. The Kier molecular flexibility index (Phi) is 5.43. The Morgan fingerprint density at radius 1 is 1.33 bits per heavy atom. The van der Waals surface area contributed by atoms with Crippen LogP contribution in [0, 0.1) is 0 Å². The molecule has 5 heteroatoms. The summed E-state index contributed by atoms with van der Waals surface area (Å²) in [5.41, 5.74) is 2.24. The van der Waals surface area contributed by atoms with Crippen molar-refractivity contribution in [1.82, 2.24) is 15.2 Å². The second-order valence-corrected chi connectivity index (χ2v) is 5.94. The monoisotopic (exact) mass is 325 g/mol. The number of hydrogen-bond acceptors (Lipinski definition) is 4. The van der Waals surface area contributed by atoms with Gasteiger partial charge < -0.3 is 15.0 Å². The van der Waals surface area contributed by atoms with Crippen LogP contribution in [0.2, 0.25) is 0 Å². The van der Waals surface area contributed by atoms with Gasteiger partial charge in [-0.15, -0.1) is 0 Å². The summed E-state index contributed by atoms with van der Waals surface area (Å²) in [5.74, 6) is 1.03. The maximum Gasteiger partial charge on any atom is 0.223 e. The van der Waals surface area contributed by atoms with Gasteiger partial charge in [-0.05, 0) is 35.7 Å². The van der Waals surface area contributed by atoms with Crippen LogP contribution in [-0.2, 0) is 11.2 Å². The number of carbonyl (C=O) groups is 1. The summed E-state index contributed by atoms with van der Waals surface area (Å²) in [4.78, 5) is 18.8. The number of amides is 1. The number of benzene rings is 1. The molecule has 0 aliphatic carbocycles. The minimum absolute atomic E-state index is 0.0751. The summed E-state index contributed by atoms with van der Waals surface area (Å²) in [6.45, 7) is 2.36. The zero-order valence-electron chi connectivity index (χ0n) is 13.9. The Balaban J connectivity index is 1.67. The van der Waals surface area contributed by atoms with Crippen LogP contribution in [0.5, 0.6) is 5.75 Å². The molecule has 1 aliphatic rings. The molecule has 0 radical (unpaired) electrons. The summed E-state index contributed by atoms with van der Waals surface area (Å²) in [6, 6.07) is 12.0. The van der Waals surface area contributed by atoms with Gasteiger partial charge in [-0.2, -0.15) is 0 Å². The average molecular weight is 325 g/mol. The highest BCUT2D eigenvalue weighted by Gasteiger charge is 2.27. The van der Waals surface area contributed by atoms with E-state index < -0.39 is 0 Å². The topological polar surface area (TPSA) is 54.5 Å². The predicted octanol–water partition coefficient (Wildman–Crippen LogP) is 2.20. The van der Waals surface area contributed by atoms with Crippen LogP contribution < -0.4 is 10.1 Å². The number of piperazine rings is 1. The number of nitrogens with one attached hydrogen (secondary N) is 1. The Morgan fingerprint density at radius 3 is 2.88 bits per heavy atom. The molecular weight excluding hydrogens is 302 g/mol. The van der Waals surface area contributed by atoms with E-state index in [9.17, 15) is 4.79 Å². The normalized spacial score (nSPS) is 17.5. The number of aryl methyl sites for hydroxylation is 1. The minimum atomic E-state index is 0.0751. The molecule has 1 fully saturated rings. The fourth-order valence-electron chi connectivity index (χ4n) is 3.07. The molecule has 1 atom stereocenters. The van der Waals surface area contributed by atoms with Gasteiger partial charge in [0.1, 0.15) is 5.75 Å². The first-order valence-electron chi connectivity index (χ1n) is 8.31. The minimum Gasteiger partial charge on any atom is -0.497 e. The lowest BCUT2D eigenvalue weighted by Crippen LogP contribution is -2.48. The first kappa shape index (κ1) is 16.5. The van der Waals surface area contributed by atoms with E-state index in [4.69, 9.17) is 4.74 Å². The Labute approximate surface area is 142 Å². The Morgan fingerprint density at radius 2 is 2.17 bits per heavy atom. The van der Waals surface area contributed by atoms with Gasteiger partial charge in [0.05, 0.1) is 13.2 Å². The van der Waals surface area contributed by atoms with Crippen LogP contribution in [0.15, 0.2) is 48.8 Å². The van der Waals surface area contributed by atoms with Gasteiger partial charge in [0.15, 0.2) is 0 Å². The van der Waals surface area contributed by atoms with Crippen molar-refractivity contribution in [3.63, 3.8) is 0 Å². The number of rotatable bonds is 5. The summed E-state index contributed by atoms with van der Waals surface area (Å²) in [7, 11) is 1.66. The van der Waals surface area contributed by atoms with E-state index in [1.54, 1.807) is 13.3 Å². The molecule has 1 N–H and O–H groups in total. The fourth-order valence-corrected chi connectivity index (χ4v) is 3.07. The van der Waals surface area contributed by atoms with E-state index in [1.807, 2.05) is 47.5 Å². The van der Waals surface area contributed by atoms with Crippen LogP contribution in [0.1, 0.15) is 23.6 Å². The summed E-state index contributed by atoms with van der Waals surface area (Å²) < 4.78 is 5.22. The highest BCUT2D eigenvalue weighted by molar-refractivity contribution is 5.77. The quantitative estimate of drug-likeness (QED) is 0.916. The highest BCUT2D eigenvalue weighted by atomic mass is 16.5.